The second-order valence-electron chi connectivity index (χ2n) is 9.36. The van der Waals surface area contributed by atoms with Crippen LogP contribution in [-0.2, 0) is 4.74 Å². The molecule has 0 saturated carbocycles. The van der Waals surface area contributed by atoms with Crippen LogP contribution in [-0.4, -0.2) is 29.7 Å². The van der Waals surface area contributed by atoms with Gasteiger partial charge >= 0.3 is 6.09 Å². The predicted octanol–water partition coefficient (Wildman–Crippen LogP) is 7.55. The van der Waals surface area contributed by atoms with Gasteiger partial charge in [0, 0.05) is 17.5 Å². The maximum atomic E-state index is 14.8. The van der Waals surface area contributed by atoms with Crippen molar-refractivity contribution in [2.75, 3.05) is 6.61 Å². The van der Waals surface area contributed by atoms with E-state index in [1.807, 2.05) is 29.2 Å². The molecule has 2 bridgehead atoms. The molecule has 3 aromatic carbocycles. The zero-order chi connectivity index (χ0) is 23.2. The minimum atomic E-state index is -0.262. The van der Waals surface area contributed by atoms with Gasteiger partial charge < -0.3 is 4.74 Å². The number of piperidine rings is 1. The van der Waals surface area contributed by atoms with Crippen LogP contribution in [0.1, 0.15) is 48.3 Å². The molecule has 172 valence electrons. The van der Waals surface area contributed by atoms with Gasteiger partial charge in [-0.05, 0) is 75.5 Å². The molecule has 1 aliphatic carbocycles. The average Bonchev–Trinajstić information content (AvgIpc) is 3.17. The van der Waals surface area contributed by atoms with E-state index in [9.17, 15) is 9.18 Å². The number of carbonyl (C=O) groups is 1. The van der Waals surface area contributed by atoms with E-state index >= 15 is 0 Å². The molecular formula is C29H25BrFNO2. The molecule has 1 saturated heterocycles. The van der Waals surface area contributed by atoms with Gasteiger partial charge in [0.1, 0.15) is 12.4 Å². The first-order chi connectivity index (χ1) is 16.6. The number of rotatable bonds is 3. The van der Waals surface area contributed by atoms with Crippen molar-refractivity contribution in [3.05, 3.63) is 99.8 Å². The summed E-state index contributed by atoms with van der Waals surface area (Å²) in [5.74, 6) is -0.190. The monoisotopic (exact) mass is 517 g/mol. The third-order valence-corrected chi connectivity index (χ3v) is 8.09. The molecule has 2 heterocycles. The Balaban J connectivity index is 1.23. The summed E-state index contributed by atoms with van der Waals surface area (Å²) >= 11 is 3.30. The Labute approximate surface area is 207 Å². The molecule has 1 amide bonds. The number of ether oxygens (including phenoxy) is 1. The molecule has 0 spiro atoms. The molecular weight excluding hydrogens is 493 g/mol. The number of benzene rings is 3. The summed E-state index contributed by atoms with van der Waals surface area (Å²) in [4.78, 5) is 15.2. The molecule has 1 fully saturated rings. The van der Waals surface area contributed by atoms with Crippen molar-refractivity contribution >= 4 is 27.6 Å². The summed E-state index contributed by atoms with van der Waals surface area (Å²) in [6.45, 7) is 0.319. The molecule has 6 rings (SSSR count). The van der Waals surface area contributed by atoms with Crippen LogP contribution in [0.5, 0.6) is 0 Å². The fraction of sp³-hybridized carbons (Fsp3) is 0.276. The van der Waals surface area contributed by atoms with E-state index in [0.29, 0.717) is 23.1 Å². The smallest absolute Gasteiger partial charge is 0.410 e. The van der Waals surface area contributed by atoms with Crippen LogP contribution in [0.2, 0.25) is 0 Å². The molecule has 34 heavy (non-hydrogen) atoms. The van der Waals surface area contributed by atoms with E-state index in [1.54, 1.807) is 6.07 Å². The van der Waals surface area contributed by atoms with Crippen molar-refractivity contribution in [2.24, 2.45) is 0 Å². The maximum absolute atomic E-state index is 14.8. The number of fused-ring (bicyclic) bond motifs is 5. The number of carbonyl (C=O) groups excluding carboxylic acids is 1. The predicted molar refractivity (Wildman–Crippen MR) is 135 cm³/mol. The first-order valence-electron chi connectivity index (χ1n) is 11.9. The Morgan fingerprint density at radius 2 is 1.62 bits per heavy atom. The molecule has 2 unspecified atom stereocenters. The largest absolute Gasteiger partial charge is 0.448 e. The van der Waals surface area contributed by atoms with Crippen molar-refractivity contribution in [1.82, 2.24) is 4.90 Å². The van der Waals surface area contributed by atoms with Crippen molar-refractivity contribution in [3.8, 4) is 11.1 Å². The number of amides is 1. The van der Waals surface area contributed by atoms with E-state index < -0.39 is 0 Å². The van der Waals surface area contributed by atoms with Crippen LogP contribution in [0.15, 0.2) is 77.3 Å². The fourth-order valence-electron chi connectivity index (χ4n) is 5.93. The average molecular weight is 518 g/mol. The highest BCUT2D eigenvalue weighted by Crippen LogP contribution is 2.45. The van der Waals surface area contributed by atoms with Crippen molar-refractivity contribution in [3.63, 3.8) is 0 Å². The normalized spacial score (nSPS) is 21.0. The minimum Gasteiger partial charge on any atom is -0.448 e. The van der Waals surface area contributed by atoms with Gasteiger partial charge in [-0.25, -0.2) is 9.18 Å². The third kappa shape index (κ3) is 3.58. The SMILES string of the molecule is O=C(OCC1c2ccccc2-c2ccccc21)N1C2C=C(c3cccc(Br)c3F)CC1CCC2. The highest BCUT2D eigenvalue weighted by molar-refractivity contribution is 9.10. The molecule has 3 aliphatic rings. The highest BCUT2D eigenvalue weighted by atomic mass is 79.9. The van der Waals surface area contributed by atoms with E-state index in [1.165, 1.54) is 22.3 Å². The van der Waals surface area contributed by atoms with Crippen LogP contribution in [0.4, 0.5) is 9.18 Å². The number of nitrogens with zero attached hydrogens (tertiary/aromatic N) is 1. The Kier molecular flexibility index (Phi) is 5.53. The summed E-state index contributed by atoms with van der Waals surface area (Å²) in [7, 11) is 0. The first kappa shape index (κ1) is 21.6. The van der Waals surface area contributed by atoms with Crippen LogP contribution >= 0.6 is 15.9 Å². The topological polar surface area (TPSA) is 29.5 Å². The zero-order valence-electron chi connectivity index (χ0n) is 18.7. The minimum absolute atomic E-state index is 0.0350. The van der Waals surface area contributed by atoms with Crippen LogP contribution in [0.25, 0.3) is 16.7 Å². The summed E-state index contributed by atoms with van der Waals surface area (Å²) in [6, 6.07) is 22.1. The van der Waals surface area contributed by atoms with E-state index in [-0.39, 0.29) is 29.9 Å². The van der Waals surface area contributed by atoms with Crippen LogP contribution in [0.3, 0.4) is 0 Å². The van der Waals surface area contributed by atoms with Gasteiger partial charge in [0.25, 0.3) is 0 Å². The summed E-state index contributed by atoms with van der Waals surface area (Å²) in [5, 5.41) is 0. The lowest BCUT2D eigenvalue weighted by Gasteiger charge is -2.44. The standard InChI is InChI=1S/C29H25BrFNO2/c30-27-14-6-13-21(28(27)31)18-15-19-7-5-8-20(16-18)32(19)29(33)34-17-26-24-11-3-1-9-22(24)23-10-2-4-12-25(23)26/h1-4,6,9-15,19-20,26H,5,7-8,16-17H2. The number of hydrogen-bond donors (Lipinski definition) is 0. The maximum Gasteiger partial charge on any atom is 0.410 e. The van der Waals surface area contributed by atoms with Crippen molar-refractivity contribution < 1.29 is 13.9 Å². The summed E-state index contributed by atoms with van der Waals surface area (Å²) < 4.78 is 21.2. The number of halogens is 2. The van der Waals surface area contributed by atoms with Gasteiger partial charge in [-0.2, -0.15) is 0 Å². The first-order valence-corrected chi connectivity index (χ1v) is 12.7. The van der Waals surface area contributed by atoms with Crippen molar-refractivity contribution in [2.45, 2.75) is 43.7 Å². The summed E-state index contributed by atoms with van der Waals surface area (Å²) in [6.07, 6.45) is 5.30. The van der Waals surface area contributed by atoms with Gasteiger partial charge in [0.05, 0.1) is 10.5 Å². The molecule has 5 heteroatoms. The Morgan fingerprint density at radius 1 is 0.941 bits per heavy atom. The Morgan fingerprint density at radius 3 is 2.32 bits per heavy atom. The van der Waals surface area contributed by atoms with E-state index in [2.05, 4.69) is 58.4 Å². The lowest BCUT2D eigenvalue weighted by molar-refractivity contribution is 0.0538. The van der Waals surface area contributed by atoms with Crippen molar-refractivity contribution in [1.29, 1.82) is 0 Å². The second kappa shape index (κ2) is 8.70. The summed E-state index contributed by atoms with van der Waals surface area (Å²) in [5.41, 5.74) is 6.47. The molecule has 3 aromatic rings. The molecule has 0 N–H and O–H groups in total. The Bertz CT molecular complexity index is 1260. The molecule has 0 aromatic heterocycles. The number of hydrogen-bond acceptors (Lipinski definition) is 2. The quantitative estimate of drug-likeness (QED) is 0.358. The van der Waals surface area contributed by atoms with Gasteiger partial charge in [0.15, 0.2) is 0 Å². The van der Waals surface area contributed by atoms with Gasteiger partial charge in [-0.3, -0.25) is 4.90 Å². The second-order valence-corrected chi connectivity index (χ2v) is 10.2. The molecule has 0 radical (unpaired) electrons. The molecule has 2 atom stereocenters. The van der Waals surface area contributed by atoms with E-state index in [0.717, 1.165) is 24.8 Å². The highest BCUT2D eigenvalue weighted by Gasteiger charge is 2.39. The van der Waals surface area contributed by atoms with Gasteiger partial charge in [0.2, 0.25) is 0 Å². The van der Waals surface area contributed by atoms with Gasteiger partial charge in [-0.15, -0.1) is 0 Å². The van der Waals surface area contributed by atoms with E-state index in [4.69, 9.17) is 4.74 Å². The van der Waals surface area contributed by atoms with Gasteiger partial charge in [-0.1, -0.05) is 66.7 Å². The van der Waals surface area contributed by atoms with Crippen LogP contribution in [0, 0.1) is 5.82 Å². The molecule has 3 nitrogen and oxygen atoms in total. The van der Waals surface area contributed by atoms with Crippen LogP contribution < -0.4 is 0 Å². The molecule has 2 aliphatic heterocycles. The fourth-order valence-corrected chi connectivity index (χ4v) is 6.30. The third-order valence-electron chi connectivity index (χ3n) is 7.48. The Hall–Kier alpha value is -2.92. The lowest BCUT2D eigenvalue weighted by Crippen LogP contribution is -2.52. The lowest BCUT2D eigenvalue weighted by atomic mass is 9.83. The zero-order valence-corrected chi connectivity index (χ0v) is 20.3.